The van der Waals surface area contributed by atoms with Crippen LogP contribution >= 0.6 is 11.8 Å². The van der Waals surface area contributed by atoms with Gasteiger partial charge in [0.25, 0.3) is 24.9 Å². The van der Waals surface area contributed by atoms with E-state index in [-0.39, 0.29) is 24.3 Å². The predicted octanol–water partition coefficient (Wildman–Crippen LogP) is 4.33. The van der Waals surface area contributed by atoms with Crippen molar-refractivity contribution in [2.75, 3.05) is 13.2 Å². The fraction of sp³-hybridized carbons (Fsp3) is 0.500. The van der Waals surface area contributed by atoms with E-state index >= 15 is 0 Å². The topological polar surface area (TPSA) is 68.7 Å². The van der Waals surface area contributed by atoms with E-state index in [1.165, 1.54) is 37.4 Å². The van der Waals surface area contributed by atoms with E-state index < -0.39 is 0 Å². The first kappa shape index (κ1) is 18.6. The van der Waals surface area contributed by atoms with Gasteiger partial charge >= 0.3 is 0 Å². The van der Waals surface area contributed by atoms with E-state index in [0.29, 0.717) is 29.2 Å². The monoisotopic (exact) mass is 410 g/mol. The SMILES string of the molecule is C#[N+]CCOc1noc(C(=O)NC2C3CC4CC(C3)C2C4)c1Sc1ccccc1. The second-order valence-electron chi connectivity index (χ2n) is 8.31. The van der Waals surface area contributed by atoms with Crippen molar-refractivity contribution in [1.29, 1.82) is 0 Å². The minimum Gasteiger partial charge on any atom is -0.467 e. The highest BCUT2D eigenvalue weighted by molar-refractivity contribution is 7.99. The highest BCUT2D eigenvalue weighted by Gasteiger charge is 2.54. The maximum Gasteiger partial charge on any atom is 0.296 e. The van der Waals surface area contributed by atoms with Gasteiger partial charge in [0.2, 0.25) is 5.76 Å². The molecule has 0 saturated heterocycles. The molecule has 6 nitrogen and oxygen atoms in total. The van der Waals surface area contributed by atoms with E-state index in [2.05, 4.69) is 15.3 Å². The van der Waals surface area contributed by atoms with E-state index in [1.54, 1.807) is 0 Å². The molecule has 0 spiro atoms. The number of carbonyl (C=O) groups is 1. The quantitative estimate of drug-likeness (QED) is 0.688. The van der Waals surface area contributed by atoms with Crippen molar-refractivity contribution in [2.24, 2.45) is 23.7 Å². The fourth-order valence-corrected chi connectivity index (χ4v) is 6.51. The molecule has 0 radical (unpaired) electrons. The molecule has 29 heavy (non-hydrogen) atoms. The average molecular weight is 411 g/mol. The van der Waals surface area contributed by atoms with Crippen molar-refractivity contribution in [3.05, 3.63) is 40.9 Å². The zero-order valence-electron chi connectivity index (χ0n) is 16.1. The van der Waals surface area contributed by atoms with Gasteiger partial charge < -0.3 is 14.6 Å². The Balaban J connectivity index is 1.37. The molecular weight excluding hydrogens is 386 g/mol. The first-order valence-electron chi connectivity index (χ1n) is 10.3. The summed E-state index contributed by atoms with van der Waals surface area (Å²) in [7, 11) is 0. The third kappa shape index (κ3) is 3.51. The number of nitrogens with zero attached hydrogens (tertiary/aromatic N) is 2. The summed E-state index contributed by atoms with van der Waals surface area (Å²) in [5, 5.41) is 7.29. The number of carbonyl (C=O) groups excluding carboxylic acids is 1. The van der Waals surface area contributed by atoms with E-state index in [1.807, 2.05) is 30.3 Å². The largest absolute Gasteiger partial charge is 0.467 e. The van der Waals surface area contributed by atoms with Gasteiger partial charge in [-0.15, -0.1) is 0 Å². The Bertz CT molecular complexity index is 935. The molecule has 1 heterocycles. The zero-order chi connectivity index (χ0) is 19.8. The van der Waals surface area contributed by atoms with Gasteiger partial charge in [-0.1, -0.05) is 34.8 Å². The summed E-state index contributed by atoms with van der Waals surface area (Å²) in [6.45, 7) is 5.82. The zero-order valence-corrected chi connectivity index (χ0v) is 16.9. The van der Waals surface area contributed by atoms with Crippen molar-refractivity contribution in [3.63, 3.8) is 0 Å². The maximum atomic E-state index is 13.2. The molecule has 4 fully saturated rings. The Kier molecular flexibility index (Phi) is 4.96. The number of amides is 1. The third-order valence-corrected chi connectivity index (χ3v) is 7.68. The molecule has 150 valence electrons. The smallest absolute Gasteiger partial charge is 0.296 e. The molecule has 0 aliphatic heterocycles. The molecule has 7 heteroatoms. The second-order valence-corrected chi connectivity index (χ2v) is 9.39. The molecule has 6 rings (SSSR count). The first-order valence-corrected chi connectivity index (χ1v) is 11.1. The molecule has 4 aliphatic carbocycles. The van der Waals surface area contributed by atoms with Gasteiger partial charge in [0.05, 0.1) is 0 Å². The molecule has 2 aromatic rings. The van der Waals surface area contributed by atoms with Crippen LogP contribution in [-0.2, 0) is 0 Å². The van der Waals surface area contributed by atoms with Gasteiger partial charge in [0.1, 0.15) is 4.90 Å². The molecule has 1 aromatic heterocycles. The summed E-state index contributed by atoms with van der Waals surface area (Å²) in [6.07, 6.45) is 5.10. The van der Waals surface area contributed by atoms with Crippen LogP contribution in [0.1, 0.15) is 36.2 Å². The summed E-state index contributed by atoms with van der Waals surface area (Å²) >= 11 is 1.42. The fourth-order valence-electron chi connectivity index (χ4n) is 5.57. The molecule has 1 N–H and O–H groups in total. The van der Waals surface area contributed by atoms with Crippen LogP contribution in [0.3, 0.4) is 0 Å². The van der Waals surface area contributed by atoms with Crippen LogP contribution in [-0.4, -0.2) is 30.3 Å². The molecule has 1 amide bonds. The Labute approximate surface area is 174 Å². The van der Waals surface area contributed by atoms with Crippen LogP contribution in [0.2, 0.25) is 0 Å². The number of aromatic nitrogens is 1. The molecule has 5 unspecified atom stereocenters. The highest BCUT2D eigenvalue weighted by atomic mass is 32.2. The van der Waals surface area contributed by atoms with Crippen LogP contribution in [0, 0.1) is 30.2 Å². The first-order chi connectivity index (χ1) is 14.2. The number of ether oxygens (including phenoxy) is 1. The standard InChI is InChI=1S/C22H23N3O3S/c1-23-7-8-27-22-20(29-16-5-3-2-4-6-16)19(28-25-22)21(26)24-18-15-10-13-9-14(12-15)17(18)11-13/h1-6,13-15,17-18H,7-12H2/p+1. The lowest BCUT2D eigenvalue weighted by molar-refractivity contribution is 0.0853. The lowest BCUT2D eigenvalue weighted by atomic mass is 9.79. The lowest BCUT2D eigenvalue weighted by Crippen LogP contribution is -2.44. The molecule has 5 atom stereocenters. The minimum atomic E-state index is -0.199. The van der Waals surface area contributed by atoms with Crippen LogP contribution in [0.25, 0.3) is 4.85 Å². The van der Waals surface area contributed by atoms with Gasteiger partial charge in [0.15, 0.2) is 6.61 Å². The molecule has 4 saturated carbocycles. The van der Waals surface area contributed by atoms with Crippen molar-refractivity contribution in [1.82, 2.24) is 10.5 Å². The van der Waals surface area contributed by atoms with Crippen molar-refractivity contribution in [3.8, 4) is 12.5 Å². The Hall–Kier alpha value is -2.46. The number of hydrogen-bond donors (Lipinski definition) is 1. The van der Waals surface area contributed by atoms with Gasteiger partial charge in [-0.2, -0.15) is 0 Å². The van der Waals surface area contributed by atoms with Gasteiger partial charge in [-0.05, 0) is 66.6 Å². The van der Waals surface area contributed by atoms with Crippen molar-refractivity contribution in [2.45, 2.75) is 41.5 Å². The predicted molar refractivity (Wildman–Crippen MR) is 109 cm³/mol. The van der Waals surface area contributed by atoms with Gasteiger partial charge in [-0.3, -0.25) is 4.79 Å². The van der Waals surface area contributed by atoms with Crippen molar-refractivity contribution < 1.29 is 14.1 Å². The highest BCUT2D eigenvalue weighted by Crippen LogP contribution is 2.58. The summed E-state index contributed by atoms with van der Waals surface area (Å²) in [5.41, 5.74) is 0. The van der Waals surface area contributed by atoms with E-state index in [9.17, 15) is 4.79 Å². The number of nitrogens with one attached hydrogen (secondary N) is 1. The molecule has 1 aromatic carbocycles. The van der Waals surface area contributed by atoms with Crippen LogP contribution in [0.15, 0.2) is 44.6 Å². The summed E-state index contributed by atoms with van der Waals surface area (Å²) in [6, 6.07) is 10.1. The molecule has 4 aliphatic rings. The number of benzene rings is 1. The second kappa shape index (κ2) is 7.75. The van der Waals surface area contributed by atoms with E-state index in [0.717, 1.165) is 16.7 Å². The molecular formula is C22H24N3O3S+. The summed E-state index contributed by atoms with van der Waals surface area (Å²) in [4.78, 5) is 18.3. The summed E-state index contributed by atoms with van der Waals surface area (Å²) in [5.74, 6) is 3.22. The van der Waals surface area contributed by atoms with Gasteiger partial charge in [0, 0.05) is 10.9 Å². The minimum absolute atomic E-state index is 0.199. The van der Waals surface area contributed by atoms with Crippen molar-refractivity contribution >= 4 is 17.7 Å². The maximum absolute atomic E-state index is 13.2. The third-order valence-electron chi connectivity index (χ3n) is 6.60. The molecule has 4 bridgehead atoms. The lowest BCUT2D eigenvalue weighted by Gasteiger charge is -2.32. The van der Waals surface area contributed by atoms with Gasteiger partial charge in [-0.25, -0.2) is 0 Å². The average Bonchev–Trinajstić information content (AvgIpc) is 3.33. The number of hydrogen-bond acceptors (Lipinski definition) is 5. The number of rotatable bonds is 7. The Morgan fingerprint density at radius 3 is 2.86 bits per heavy atom. The van der Waals surface area contributed by atoms with Crippen LogP contribution < -0.4 is 10.1 Å². The van der Waals surface area contributed by atoms with Crippen LogP contribution in [0.4, 0.5) is 0 Å². The van der Waals surface area contributed by atoms with E-state index in [4.69, 9.17) is 15.8 Å². The Morgan fingerprint density at radius 2 is 2.07 bits per heavy atom. The summed E-state index contributed by atoms with van der Waals surface area (Å²) < 4.78 is 11.1. The normalized spacial score (nSPS) is 29.0. The Morgan fingerprint density at radius 1 is 1.24 bits per heavy atom. The van der Waals surface area contributed by atoms with Crippen LogP contribution in [0.5, 0.6) is 5.88 Å².